The number of aliphatic carboxylic acids is 1. The number of unbranched alkanes of at least 4 members (excludes halogenated alkanes) is 1. The third kappa shape index (κ3) is 13.7. The summed E-state index contributed by atoms with van der Waals surface area (Å²) >= 11 is 0. The highest BCUT2D eigenvalue weighted by Crippen LogP contribution is 2.42. The average Bonchev–Trinajstić information content (AvgIpc) is 3.52. The van der Waals surface area contributed by atoms with Crippen molar-refractivity contribution < 1.29 is 33.8 Å². The molecule has 7 heteroatoms. The number of hydrogen-bond donors (Lipinski definition) is 1. The number of carboxylic acid groups (broad SMARTS) is 1. The van der Waals surface area contributed by atoms with E-state index in [4.69, 9.17) is 21.0 Å². The number of ketones is 1. The van der Waals surface area contributed by atoms with Gasteiger partial charge in [-0.3, -0.25) is 4.79 Å². The van der Waals surface area contributed by atoms with Gasteiger partial charge in [0, 0.05) is 18.4 Å². The Morgan fingerprint density at radius 3 is 1.76 bits per heavy atom. The SMILES string of the molecule is C#C/C(C(=O)OC)=C1/C(C)=CC(=CC2=CC(C)=C(/C(=C\C)C(=O)OC)/C2=C\CC)/C1=C/C.CCC(=O)O.CCC(C)=O.CCCC. The number of Topliss-reactive ketones (excluding diaryl/α,β-unsaturated/α-hetero) is 1. The summed E-state index contributed by atoms with van der Waals surface area (Å²) in [5.41, 5.74) is 8.02. The van der Waals surface area contributed by atoms with Gasteiger partial charge in [-0.2, -0.15) is 0 Å². The fourth-order valence-electron chi connectivity index (χ4n) is 4.12. The molecule has 0 aromatic carbocycles. The van der Waals surface area contributed by atoms with Gasteiger partial charge in [-0.1, -0.05) is 83.8 Å². The molecule has 0 radical (unpaired) electrons. The Bertz CT molecular complexity index is 1380. The van der Waals surface area contributed by atoms with Crippen molar-refractivity contribution in [2.45, 2.75) is 101 Å². The lowest BCUT2D eigenvalue weighted by molar-refractivity contribution is -0.137. The number of carboxylic acids is 1. The van der Waals surface area contributed by atoms with Gasteiger partial charge >= 0.3 is 17.9 Å². The van der Waals surface area contributed by atoms with Gasteiger partial charge in [-0.05, 0) is 86.1 Å². The van der Waals surface area contributed by atoms with Gasteiger partial charge in [0.05, 0.1) is 19.8 Å². The van der Waals surface area contributed by atoms with Crippen LogP contribution in [0.25, 0.3) is 0 Å². The van der Waals surface area contributed by atoms with E-state index in [0.717, 1.165) is 45.4 Å². The molecule has 0 spiro atoms. The Hall–Kier alpha value is -4.44. The molecule has 0 aromatic heterocycles. The predicted octanol–water partition coefficient (Wildman–Crippen LogP) is 8.91. The van der Waals surface area contributed by atoms with Crippen molar-refractivity contribution in [2.24, 2.45) is 0 Å². The molecule has 0 atom stereocenters. The highest BCUT2D eigenvalue weighted by atomic mass is 16.5. The maximum Gasteiger partial charge on any atom is 0.347 e. The third-order valence-corrected chi connectivity index (χ3v) is 6.75. The Morgan fingerprint density at radius 1 is 0.891 bits per heavy atom. The molecule has 2 rings (SSSR count). The van der Waals surface area contributed by atoms with Crippen LogP contribution in [0.5, 0.6) is 0 Å². The quantitative estimate of drug-likeness (QED) is 0.161. The van der Waals surface area contributed by atoms with E-state index in [0.29, 0.717) is 17.6 Å². The van der Waals surface area contributed by atoms with Crippen LogP contribution in [0.4, 0.5) is 0 Å². The molecule has 0 amide bonds. The molecule has 0 fully saturated rings. The Balaban J connectivity index is 0. The number of terminal acetylenes is 1. The van der Waals surface area contributed by atoms with E-state index >= 15 is 0 Å². The number of carbonyl (C=O) groups is 4. The monoisotopic (exact) mass is 634 g/mol. The highest BCUT2D eigenvalue weighted by molar-refractivity contribution is 5.98. The van der Waals surface area contributed by atoms with E-state index in [1.54, 1.807) is 19.9 Å². The summed E-state index contributed by atoms with van der Waals surface area (Å²) in [5, 5.41) is 7.72. The molecule has 2 aliphatic carbocycles. The molecule has 46 heavy (non-hydrogen) atoms. The minimum atomic E-state index is -0.745. The van der Waals surface area contributed by atoms with Crippen molar-refractivity contribution in [2.75, 3.05) is 14.2 Å². The van der Waals surface area contributed by atoms with E-state index in [1.165, 1.54) is 27.1 Å². The summed E-state index contributed by atoms with van der Waals surface area (Å²) in [5.74, 6) is 1.11. The topological polar surface area (TPSA) is 107 Å². The van der Waals surface area contributed by atoms with E-state index in [1.807, 2.05) is 46.8 Å². The Kier molecular flexibility index (Phi) is 22.7. The lowest BCUT2D eigenvalue weighted by Crippen LogP contribution is -2.09. The van der Waals surface area contributed by atoms with Gasteiger partial charge in [0.1, 0.15) is 11.4 Å². The largest absolute Gasteiger partial charge is 0.481 e. The first-order valence-electron chi connectivity index (χ1n) is 15.7. The molecule has 0 saturated carbocycles. The molecule has 2 aliphatic rings. The van der Waals surface area contributed by atoms with Crippen LogP contribution in [0.15, 0.2) is 92.2 Å². The third-order valence-electron chi connectivity index (χ3n) is 6.75. The van der Waals surface area contributed by atoms with Crippen LogP contribution < -0.4 is 0 Å². The van der Waals surface area contributed by atoms with Gasteiger partial charge in [0.2, 0.25) is 0 Å². The van der Waals surface area contributed by atoms with Crippen LogP contribution in [0, 0.1) is 12.3 Å². The Morgan fingerprint density at radius 2 is 1.41 bits per heavy atom. The number of carbonyl (C=O) groups excluding carboxylic acids is 3. The second kappa shape index (κ2) is 23.9. The summed E-state index contributed by atoms with van der Waals surface area (Å²) < 4.78 is 9.88. The molecule has 0 bridgehead atoms. The maximum atomic E-state index is 12.4. The van der Waals surface area contributed by atoms with Crippen molar-refractivity contribution in [1.82, 2.24) is 0 Å². The lowest BCUT2D eigenvalue weighted by atomic mass is 9.92. The molecule has 1 N–H and O–H groups in total. The second-order valence-electron chi connectivity index (χ2n) is 10.2. The van der Waals surface area contributed by atoms with Crippen LogP contribution in [0.1, 0.15) is 101 Å². The van der Waals surface area contributed by atoms with E-state index in [-0.39, 0.29) is 23.7 Å². The van der Waals surface area contributed by atoms with Crippen molar-refractivity contribution in [1.29, 1.82) is 0 Å². The molecule has 0 aromatic rings. The summed E-state index contributed by atoms with van der Waals surface area (Å²) in [4.78, 5) is 43.8. The van der Waals surface area contributed by atoms with Crippen LogP contribution in [-0.2, 0) is 28.7 Å². The van der Waals surface area contributed by atoms with Gasteiger partial charge < -0.3 is 19.4 Å². The summed E-state index contributed by atoms with van der Waals surface area (Å²) in [7, 11) is 2.71. The zero-order valence-corrected chi connectivity index (χ0v) is 30.0. The van der Waals surface area contributed by atoms with Crippen LogP contribution in [0.3, 0.4) is 0 Å². The van der Waals surface area contributed by atoms with Crippen LogP contribution >= 0.6 is 0 Å². The lowest BCUT2D eigenvalue weighted by Gasteiger charge is -2.13. The fourth-order valence-corrected chi connectivity index (χ4v) is 4.12. The van der Waals surface area contributed by atoms with Crippen molar-refractivity contribution in [3.8, 4) is 12.3 Å². The predicted molar refractivity (Wildman–Crippen MR) is 188 cm³/mol. The first kappa shape index (κ1) is 43.7. The van der Waals surface area contributed by atoms with Gasteiger partial charge in [0.15, 0.2) is 0 Å². The number of methoxy groups -OCH3 is 2. The Labute approximate surface area is 277 Å². The van der Waals surface area contributed by atoms with Crippen molar-refractivity contribution in [3.05, 3.63) is 92.2 Å². The molecular weight excluding hydrogens is 580 g/mol. The first-order chi connectivity index (χ1) is 21.7. The minimum absolute atomic E-state index is 0.208. The zero-order chi connectivity index (χ0) is 36.0. The summed E-state index contributed by atoms with van der Waals surface area (Å²) in [6.07, 6.45) is 22.0. The second-order valence-corrected chi connectivity index (χ2v) is 10.2. The molecule has 0 saturated heterocycles. The maximum absolute atomic E-state index is 12.4. The smallest absolute Gasteiger partial charge is 0.347 e. The molecule has 0 heterocycles. The molecule has 0 unspecified atom stereocenters. The van der Waals surface area contributed by atoms with Gasteiger partial charge in [-0.25, -0.2) is 9.59 Å². The number of ether oxygens (including phenoxy) is 2. The van der Waals surface area contributed by atoms with Crippen molar-refractivity contribution in [3.63, 3.8) is 0 Å². The van der Waals surface area contributed by atoms with Gasteiger partial charge in [-0.15, -0.1) is 6.42 Å². The van der Waals surface area contributed by atoms with Gasteiger partial charge in [0.25, 0.3) is 0 Å². The van der Waals surface area contributed by atoms with Crippen LogP contribution in [0.2, 0.25) is 0 Å². The average molecular weight is 635 g/mol. The minimum Gasteiger partial charge on any atom is -0.481 e. The van der Waals surface area contributed by atoms with E-state index in [9.17, 15) is 19.2 Å². The number of hydrogen-bond acceptors (Lipinski definition) is 6. The molecular formula is C39H54O7. The standard InChI is InChI=1S/C28H30O4.C4H8O.C4H10.C3H6O2/c1-9-13-24-20(15-18(6)26(24)23(12-4)28(30)32-8)16-19-14-17(5)25(21(19)10-2)22(11-3)27(29)31-7;1-3-4(2)5;1-3-4-2;1-2-3(4)5/h3,10,12-16H,9H2,1-2,4-8H3;3H2,1-2H3;3-4H2,1-2H3;2H2,1H3,(H,4,5)/b19-16?,21-10-,23-12+,24-13-,25-22+;;;. The fraction of sp³-hybridized carbons (Fsp3) is 0.436. The van der Waals surface area contributed by atoms with E-state index in [2.05, 4.69) is 44.9 Å². The van der Waals surface area contributed by atoms with Crippen molar-refractivity contribution >= 4 is 23.7 Å². The molecule has 0 aliphatic heterocycles. The van der Waals surface area contributed by atoms with E-state index < -0.39 is 11.9 Å². The number of allylic oxidation sites excluding steroid dienone is 13. The zero-order valence-electron chi connectivity index (χ0n) is 30.0. The number of rotatable bonds is 8. The highest BCUT2D eigenvalue weighted by Gasteiger charge is 2.28. The molecule has 7 nitrogen and oxygen atoms in total. The first-order valence-corrected chi connectivity index (χ1v) is 15.7. The van der Waals surface area contributed by atoms with Crippen LogP contribution in [-0.4, -0.2) is 43.0 Å². The summed E-state index contributed by atoms with van der Waals surface area (Å²) in [6.45, 7) is 19.1. The molecule has 252 valence electrons. The number of esters is 2. The normalized spacial score (nSPS) is 17.4. The summed E-state index contributed by atoms with van der Waals surface area (Å²) in [6, 6.07) is 0.